The van der Waals surface area contributed by atoms with Crippen molar-refractivity contribution >= 4 is 32.4 Å². The number of nitrogens with zero attached hydrogens (tertiary/aromatic N) is 1. The second kappa shape index (κ2) is 6.79. The monoisotopic (exact) mass is 397 g/mol. The van der Waals surface area contributed by atoms with E-state index in [4.69, 9.17) is 4.74 Å². The van der Waals surface area contributed by atoms with Gasteiger partial charge >= 0.3 is 5.97 Å². The molecule has 1 atom stereocenters. The number of benzene rings is 2. The molecule has 0 aliphatic carbocycles. The summed E-state index contributed by atoms with van der Waals surface area (Å²) < 4.78 is 30.3. The van der Waals surface area contributed by atoms with Crippen LogP contribution in [0.2, 0.25) is 0 Å². The number of carbonyl (C=O) groups is 1. The molecule has 0 spiro atoms. The van der Waals surface area contributed by atoms with Crippen molar-refractivity contribution in [2.75, 3.05) is 18.2 Å². The number of hydrogen-bond acceptors (Lipinski definition) is 6. The van der Waals surface area contributed by atoms with Crippen LogP contribution in [0.1, 0.15) is 24.0 Å². The van der Waals surface area contributed by atoms with E-state index >= 15 is 0 Å². The number of hydrogen-bond donors (Lipinski definition) is 2. The van der Waals surface area contributed by atoms with Gasteiger partial charge < -0.3 is 10.1 Å². The predicted molar refractivity (Wildman–Crippen MR) is 107 cm³/mol. The van der Waals surface area contributed by atoms with Crippen molar-refractivity contribution in [2.24, 2.45) is 0 Å². The fourth-order valence-corrected chi connectivity index (χ4v) is 4.51. The summed E-state index contributed by atoms with van der Waals surface area (Å²) in [6, 6.07) is 13.5. The number of carbonyl (C=O) groups excluding carboxylic acids is 1. The predicted octanol–water partition coefficient (Wildman–Crippen LogP) is 2.94. The zero-order chi connectivity index (χ0) is 19.9. The van der Waals surface area contributed by atoms with Crippen LogP contribution in [0.5, 0.6) is 0 Å². The molecule has 3 aromatic rings. The zero-order valence-electron chi connectivity index (χ0n) is 15.4. The van der Waals surface area contributed by atoms with Crippen molar-refractivity contribution in [3.05, 3.63) is 70.4 Å². The number of rotatable bonds is 4. The molecule has 1 aliphatic heterocycles. The Labute approximate surface area is 162 Å². The van der Waals surface area contributed by atoms with Gasteiger partial charge in [-0.1, -0.05) is 42.5 Å². The highest BCUT2D eigenvalue weighted by Crippen LogP contribution is 2.44. The molecule has 0 bridgehead atoms. The lowest BCUT2D eigenvalue weighted by Crippen LogP contribution is -2.28. The summed E-state index contributed by atoms with van der Waals surface area (Å²) in [6.07, 6.45) is 2.67. The molecule has 1 aromatic heterocycles. The van der Waals surface area contributed by atoms with Crippen LogP contribution in [0.4, 0.5) is 5.82 Å². The van der Waals surface area contributed by atoms with Gasteiger partial charge in [-0.05, 0) is 23.3 Å². The van der Waals surface area contributed by atoms with E-state index in [0.717, 1.165) is 22.6 Å². The molecule has 1 aliphatic rings. The van der Waals surface area contributed by atoms with Crippen LogP contribution in [0.3, 0.4) is 0 Å². The first kappa shape index (κ1) is 18.2. The van der Waals surface area contributed by atoms with Crippen LogP contribution >= 0.6 is 0 Å². The van der Waals surface area contributed by atoms with Crippen LogP contribution in [0.15, 0.2) is 59.3 Å². The number of fused-ring (bicyclic) bond motifs is 2. The maximum absolute atomic E-state index is 12.9. The van der Waals surface area contributed by atoms with Crippen molar-refractivity contribution in [1.82, 2.24) is 10.2 Å². The lowest BCUT2D eigenvalue weighted by atomic mass is 9.82. The summed E-state index contributed by atoms with van der Waals surface area (Å²) in [6.45, 7) is 1.82. The molecular weight excluding hydrogens is 378 g/mol. The van der Waals surface area contributed by atoms with Crippen molar-refractivity contribution < 1.29 is 17.9 Å². The summed E-state index contributed by atoms with van der Waals surface area (Å²) >= 11 is 0. The minimum atomic E-state index is -3.73. The second-order valence-electron chi connectivity index (χ2n) is 6.56. The molecule has 144 valence electrons. The molecule has 0 fully saturated rings. The van der Waals surface area contributed by atoms with Gasteiger partial charge in [-0.15, -0.1) is 0 Å². The topological polar surface area (TPSA) is 101 Å². The molecule has 7 nitrogen and oxygen atoms in total. The molecule has 0 saturated carbocycles. The van der Waals surface area contributed by atoms with Crippen molar-refractivity contribution in [3.8, 4) is 0 Å². The van der Waals surface area contributed by atoms with Gasteiger partial charge in [0.2, 0.25) is 0 Å². The molecule has 2 aromatic carbocycles. The second-order valence-corrected chi connectivity index (χ2v) is 8.51. The minimum Gasteiger partial charge on any atom is -0.463 e. The van der Waals surface area contributed by atoms with Crippen molar-refractivity contribution in [1.29, 1.82) is 0 Å². The molecule has 8 heteroatoms. The zero-order valence-corrected chi connectivity index (χ0v) is 16.2. The Bertz CT molecular complexity index is 1210. The first-order chi connectivity index (χ1) is 13.4. The van der Waals surface area contributed by atoms with E-state index < -0.39 is 21.7 Å². The first-order valence-electron chi connectivity index (χ1n) is 8.81. The van der Waals surface area contributed by atoms with Gasteiger partial charge in [0.05, 0.1) is 18.4 Å². The van der Waals surface area contributed by atoms with Gasteiger partial charge in [0.25, 0.3) is 0 Å². The Morgan fingerprint density at radius 3 is 2.64 bits per heavy atom. The molecule has 2 heterocycles. The number of aromatic amines is 1. The van der Waals surface area contributed by atoms with Crippen LogP contribution in [0.25, 0.3) is 10.8 Å². The summed E-state index contributed by atoms with van der Waals surface area (Å²) in [4.78, 5) is 12.9. The Balaban J connectivity index is 2.06. The van der Waals surface area contributed by atoms with Crippen LogP contribution < -0.4 is 5.32 Å². The molecule has 28 heavy (non-hydrogen) atoms. The maximum Gasteiger partial charge on any atom is 0.337 e. The highest BCUT2D eigenvalue weighted by atomic mass is 32.2. The Morgan fingerprint density at radius 1 is 1.14 bits per heavy atom. The molecule has 0 amide bonds. The highest BCUT2D eigenvalue weighted by molar-refractivity contribution is 7.94. The minimum absolute atomic E-state index is 0.0644. The third-order valence-electron chi connectivity index (χ3n) is 4.75. The quantitative estimate of drug-likeness (QED) is 0.657. The van der Waals surface area contributed by atoms with E-state index in [2.05, 4.69) is 15.5 Å². The maximum atomic E-state index is 12.9. The summed E-state index contributed by atoms with van der Waals surface area (Å²) in [7, 11) is -3.73. The third-order valence-corrected chi connectivity index (χ3v) is 5.82. The normalized spacial score (nSPS) is 16.6. The number of sulfone groups is 1. The Morgan fingerprint density at radius 2 is 1.89 bits per heavy atom. The van der Waals surface area contributed by atoms with E-state index in [-0.39, 0.29) is 17.2 Å². The van der Waals surface area contributed by atoms with E-state index in [1.807, 2.05) is 42.5 Å². The Kier molecular flexibility index (Phi) is 4.43. The van der Waals surface area contributed by atoms with Gasteiger partial charge in [0.1, 0.15) is 10.8 Å². The van der Waals surface area contributed by atoms with E-state index in [0.29, 0.717) is 11.4 Å². The number of ether oxygens (including phenoxy) is 1. The SMILES string of the molecule is CCOC(=O)C1=C(S(C)(=O)=O)Nc2[nH]ncc2C1c1cccc2ccccc12. The van der Waals surface area contributed by atoms with E-state index in [1.54, 1.807) is 13.1 Å². The van der Waals surface area contributed by atoms with Gasteiger partial charge in [-0.3, -0.25) is 5.10 Å². The third kappa shape index (κ3) is 2.95. The molecule has 0 saturated heterocycles. The Hall–Kier alpha value is -3.13. The summed E-state index contributed by atoms with van der Waals surface area (Å²) in [5.74, 6) is -0.850. The number of H-pyrrole nitrogens is 1. The smallest absolute Gasteiger partial charge is 0.337 e. The average Bonchev–Trinajstić information content (AvgIpc) is 3.14. The van der Waals surface area contributed by atoms with Crippen molar-refractivity contribution in [3.63, 3.8) is 0 Å². The standard InChI is InChI=1S/C20H19N3O4S/c1-3-27-20(24)17-16(14-10-6-8-12-7-4-5-9-13(12)14)15-11-21-23-18(15)22-19(17)28(2,25)26/h4-11,16H,3H2,1-2H3,(H2,21,22,23). The largest absolute Gasteiger partial charge is 0.463 e. The molecular formula is C20H19N3O4S. The van der Waals surface area contributed by atoms with Crippen LogP contribution in [0, 0.1) is 0 Å². The lowest BCUT2D eigenvalue weighted by molar-refractivity contribution is -0.138. The first-order valence-corrected chi connectivity index (χ1v) is 10.7. The molecule has 4 rings (SSSR count). The van der Waals surface area contributed by atoms with Crippen LogP contribution in [-0.2, 0) is 19.4 Å². The van der Waals surface area contributed by atoms with Crippen LogP contribution in [-0.4, -0.2) is 37.4 Å². The van der Waals surface area contributed by atoms with E-state index in [1.165, 1.54) is 0 Å². The van der Waals surface area contributed by atoms with Crippen molar-refractivity contribution in [2.45, 2.75) is 12.8 Å². The van der Waals surface area contributed by atoms with E-state index in [9.17, 15) is 13.2 Å². The molecule has 2 N–H and O–H groups in total. The van der Waals surface area contributed by atoms with Gasteiger partial charge in [0, 0.05) is 17.7 Å². The fraction of sp³-hybridized carbons (Fsp3) is 0.200. The molecule has 1 unspecified atom stereocenters. The number of anilines is 1. The fourth-order valence-electron chi connectivity index (χ4n) is 3.62. The number of aromatic nitrogens is 2. The summed E-state index contributed by atoms with van der Waals surface area (Å²) in [5, 5.41) is 11.4. The highest BCUT2D eigenvalue weighted by Gasteiger charge is 2.39. The number of esters is 1. The van der Waals surface area contributed by atoms with Gasteiger partial charge in [-0.2, -0.15) is 5.10 Å². The number of nitrogens with one attached hydrogen (secondary N) is 2. The summed E-state index contributed by atoms with van der Waals surface area (Å²) in [5.41, 5.74) is 1.56. The lowest BCUT2D eigenvalue weighted by Gasteiger charge is -2.28. The molecule has 0 radical (unpaired) electrons. The average molecular weight is 397 g/mol. The van der Waals surface area contributed by atoms with Gasteiger partial charge in [-0.25, -0.2) is 13.2 Å². The van der Waals surface area contributed by atoms with Gasteiger partial charge in [0.15, 0.2) is 9.84 Å².